The van der Waals surface area contributed by atoms with Crippen molar-refractivity contribution in [2.45, 2.75) is 55.3 Å². The minimum Gasteiger partial charge on any atom is -0.382 e. The summed E-state index contributed by atoms with van der Waals surface area (Å²) >= 11 is 1.45. The molecule has 1 saturated heterocycles. The number of fused-ring (bicyclic) bond motifs is 1. The van der Waals surface area contributed by atoms with Crippen LogP contribution in [-0.2, 0) is 5.75 Å². The van der Waals surface area contributed by atoms with E-state index in [-0.39, 0.29) is 23.0 Å². The molecule has 0 amide bonds. The molecular weight excluding hydrogens is 406 g/mol. The van der Waals surface area contributed by atoms with Crippen LogP contribution < -0.4 is 16.2 Å². The number of aromatic nitrogens is 2. The zero-order chi connectivity index (χ0) is 18.8. The van der Waals surface area contributed by atoms with Crippen LogP contribution in [0, 0.1) is 5.82 Å². The Labute approximate surface area is 172 Å². The number of nitrogens with zero attached hydrogens (tertiary/aromatic N) is 1. The SMILES string of the molecule is Cl.O=c1[nH]c(CS[C@H]2CCNC[C@@H]2F)nc2cc(NC3CCCC3)cc(F)c12. The van der Waals surface area contributed by atoms with Crippen molar-refractivity contribution in [1.82, 2.24) is 15.3 Å². The molecule has 28 heavy (non-hydrogen) atoms. The van der Waals surface area contributed by atoms with Gasteiger partial charge in [0.25, 0.3) is 5.56 Å². The lowest BCUT2D eigenvalue weighted by molar-refractivity contribution is 0.275. The van der Waals surface area contributed by atoms with Crippen LogP contribution in [0.25, 0.3) is 10.9 Å². The van der Waals surface area contributed by atoms with Gasteiger partial charge in [0, 0.05) is 23.5 Å². The standard InChI is InChI=1S/C19H24F2N4OS.ClH/c20-13-7-12(23-11-3-1-2-4-11)8-15-18(13)19(26)25-17(24-15)10-27-16-5-6-22-9-14(16)21;/h7-8,11,14,16,22-23H,1-6,9-10H2,(H,24,25,26);1H/t14-,16-;/m0./s1. The summed E-state index contributed by atoms with van der Waals surface area (Å²) in [5.41, 5.74) is 0.519. The van der Waals surface area contributed by atoms with Gasteiger partial charge in [-0.3, -0.25) is 4.79 Å². The van der Waals surface area contributed by atoms with Crippen LogP contribution >= 0.6 is 24.2 Å². The number of alkyl halides is 1. The number of thioether (sulfide) groups is 1. The summed E-state index contributed by atoms with van der Waals surface area (Å²) in [7, 11) is 0. The molecule has 5 nitrogen and oxygen atoms in total. The van der Waals surface area contributed by atoms with Crippen molar-refractivity contribution < 1.29 is 8.78 Å². The van der Waals surface area contributed by atoms with Gasteiger partial charge in [0.2, 0.25) is 0 Å². The van der Waals surface area contributed by atoms with Gasteiger partial charge in [-0.15, -0.1) is 24.2 Å². The normalized spacial score (nSPS) is 22.9. The van der Waals surface area contributed by atoms with Gasteiger partial charge in [-0.25, -0.2) is 13.8 Å². The first kappa shape index (κ1) is 21.3. The number of anilines is 1. The Morgan fingerprint density at radius 3 is 2.79 bits per heavy atom. The van der Waals surface area contributed by atoms with E-state index in [1.165, 1.54) is 30.7 Å². The molecule has 1 saturated carbocycles. The van der Waals surface area contributed by atoms with E-state index in [0.29, 0.717) is 35.4 Å². The fourth-order valence-electron chi connectivity index (χ4n) is 3.90. The lowest BCUT2D eigenvalue weighted by Gasteiger charge is -2.25. The van der Waals surface area contributed by atoms with Gasteiger partial charge in [0.1, 0.15) is 23.2 Å². The first-order chi connectivity index (χ1) is 13.1. The molecular formula is C19H25ClF2N4OS. The van der Waals surface area contributed by atoms with E-state index in [2.05, 4.69) is 20.6 Å². The summed E-state index contributed by atoms with van der Waals surface area (Å²) in [4.78, 5) is 19.4. The number of benzene rings is 1. The molecule has 2 aromatic rings. The van der Waals surface area contributed by atoms with Gasteiger partial charge in [0.15, 0.2) is 0 Å². The molecule has 2 heterocycles. The molecule has 4 rings (SSSR count). The van der Waals surface area contributed by atoms with E-state index in [1.807, 2.05) is 0 Å². The maximum atomic E-state index is 14.5. The highest BCUT2D eigenvalue weighted by Crippen LogP contribution is 2.27. The molecule has 2 aliphatic rings. The van der Waals surface area contributed by atoms with Crippen LogP contribution in [0.4, 0.5) is 14.5 Å². The first-order valence-corrected chi connectivity index (χ1v) is 10.6. The quantitative estimate of drug-likeness (QED) is 0.673. The highest BCUT2D eigenvalue weighted by Gasteiger charge is 2.25. The second-order valence-electron chi connectivity index (χ2n) is 7.35. The number of hydrogen-bond donors (Lipinski definition) is 3. The average molecular weight is 431 g/mol. The first-order valence-electron chi connectivity index (χ1n) is 9.55. The third-order valence-corrected chi connectivity index (χ3v) is 6.72. The van der Waals surface area contributed by atoms with E-state index >= 15 is 0 Å². The number of rotatable bonds is 5. The number of piperidine rings is 1. The third-order valence-electron chi connectivity index (χ3n) is 5.32. The molecule has 1 aromatic heterocycles. The van der Waals surface area contributed by atoms with Gasteiger partial charge in [-0.2, -0.15) is 0 Å². The van der Waals surface area contributed by atoms with E-state index in [4.69, 9.17) is 0 Å². The minimum absolute atomic E-state index is 0. The van der Waals surface area contributed by atoms with Crippen molar-refractivity contribution in [1.29, 1.82) is 0 Å². The monoisotopic (exact) mass is 430 g/mol. The molecule has 0 radical (unpaired) electrons. The molecule has 1 aromatic carbocycles. The Morgan fingerprint density at radius 1 is 1.25 bits per heavy atom. The van der Waals surface area contributed by atoms with Crippen LogP contribution in [0.15, 0.2) is 16.9 Å². The third kappa shape index (κ3) is 4.78. The van der Waals surface area contributed by atoms with E-state index in [1.54, 1.807) is 6.07 Å². The van der Waals surface area contributed by atoms with Crippen molar-refractivity contribution in [2.24, 2.45) is 0 Å². The molecule has 9 heteroatoms. The summed E-state index contributed by atoms with van der Waals surface area (Å²) in [5, 5.41) is 6.24. The van der Waals surface area contributed by atoms with Crippen molar-refractivity contribution >= 4 is 40.8 Å². The second-order valence-corrected chi connectivity index (χ2v) is 8.58. The highest BCUT2D eigenvalue weighted by atomic mass is 35.5. The van der Waals surface area contributed by atoms with E-state index < -0.39 is 17.5 Å². The molecule has 0 unspecified atom stereocenters. The molecule has 2 atom stereocenters. The molecule has 2 fully saturated rings. The summed E-state index contributed by atoms with van der Waals surface area (Å²) in [5.74, 6) is 0.293. The zero-order valence-electron chi connectivity index (χ0n) is 15.5. The van der Waals surface area contributed by atoms with Gasteiger partial charge >= 0.3 is 0 Å². The number of nitrogens with one attached hydrogen (secondary N) is 3. The Balaban J connectivity index is 0.00000225. The molecule has 0 bridgehead atoms. The molecule has 3 N–H and O–H groups in total. The Bertz CT molecular complexity index is 875. The van der Waals surface area contributed by atoms with E-state index in [9.17, 15) is 13.6 Å². The van der Waals surface area contributed by atoms with Crippen molar-refractivity contribution in [3.63, 3.8) is 0 Å². The summed E-state index contributed by atoms with van der Waals surface area (Å²) in [6.45, 7) is 1.15. The lowest BCUT2D eigenvalue weighted by atomic mass is 10.1. The fourth-order valence-corrected chi connectivity index (χ4v) is 5.00. The average Bonchev–Trinajstić information content (AvgIpc) is 3.13. The molecule has 1 aliphatic heterocycles. The number of H-pyrrole nitrogens is 1. The van der Waals surface area contributed by atoms with Crippen molar-refractivity contribution in [3.8, 4) is 0 Å². The van der Waals surface area contributed by atoms with Crippen LogP contribution in [0.1, 0.15) is 37.9 Å². The van der Waals surface area contributed by atoms with Crippen LogP contribution in [0.5, 0.6) is 0 Å². The van der Waals surface area contributed by atoms with Crippen LogP contribution in [-0.4, -0.2) is 40.5 Å². The largest absolute Gasteiger partial charge is 0.382 e. The Morgan fingerprint density at radius 2 is 2.04 bits per heavy atom. The van der Waals surface area contributed by atoms with Gasteiger partial charge in [0.05, 0.1) is 11.3 Å². The smallest absolute Gasteiger partial charge is 0.261 e. The highest BCUT2D eigenvalue weighted by molar-refractivity contribution is 7.99. The zero-order valence-corrected chi connectivity index (χ0v) is 17.1. The number of hydrogen-bond acceptors (Lipinski definition) is 5. The van der Waals surface area contributed by atoms with Crippen molar-refractivity contribution in [3.05, 3.63) is 34.1 Å². The maximum absolute atomic E-state index is 14.5. The van der Waals surface area contributed by atoms with Gasteiger partial charge in [-0.1, -0.05) is 12.8 Å². The summed E-state index contributed by atoms with van der Waals surface area (Å²) in [6, 6.07) is 3.46. The summed E-state index contributed by atoms with van der Waals surface area (Å²) < 4.78 is 28.4. The lowest BCUT2D eigenvalue weighted by Crippen LogP contribution is -2.39. The van der Waals surface area contributed by atoms with E-state index in [0.717, 1.165) is 25.8 Å². The van der Waals surface area contributed by atoms with Crippen molar-refractivity contribution in [2.75, 3.05) is 18.4 Å². The predicted molar refractivity (Wildman–Crippen MR) is 113 cm³/mol. The summed E-state index contributed by atoms with van der Waals surface area (Å²) in [6.07, 6.45) is 4.35. The number of aromatic amines is 1. The topological polar surface area (TPSA) is 69.8 Å². The number of halogens is 3. The predicted octanol–water partition coefficient (Wildman–Crippen LogP) is 3.77. The molecule has 1 aliphatic carbocycles. The Kier molecular flexibility index (Phi) is 7.17. The Hall–Kier alpha value is -1.38. The van der Waals surface area contributed by atoms with Gasteiger partial charge in [-0.05, 0) is 37.9 Å². The second kappa shape index (κ2) is 9.41. The minimum atomic E-state index is -0.907. The fraction of sp³-hybridized carbons (Fsp3) is 0.579. The van der Waals surface area contributed by atoms with Crippen LogP contribution in [0.2, 0.25) is 0 Å². The van der Waals surface area contributed by atoms with Gasteiger partial charge < -0.3 is 15.6 Å². The maximum Gasteiger partial charge on any atom is 0.261 e. The van der Waals surface area contributed by atoms with Crippen LogP contribution in [0.3, 0.4) is 0 Å². The molecule has 0 spiro atoms. The molecule has 154 valence electrons.